The van der Waals surface area contributed by atoms with Gasteiger partial charge >= 0.3 is 0 Å². The molecule has 7 heteroatoms. The minimum Gasteiger partial charge on any atom is -0.496 e. The third-order valence-electron chi connectivity index (χ3n) is 3.92. The predicted octanol–water partition coefficient (Wildman–Crippen LogP) is 5.77. The van der Waals surface area contributed by atoms with Gasteiger partial charge in [0, 0.05) is 10.6 Å². The number of nitrogens with zero attached hydrogens (tertiary/aromatic N) is 2. The number of fused-ring (bicyclic) bond motifs is 1. The summed E-state index contributed by atoms with van der Waals surface area (Å²) in [5.41, 5.74) is 2.16. The first kappa shape index (κ1) is 16.0. The van der Waals surface area contributed by atoms with Gasteiger partial charge < -0.3 is 13.6 Å². The zero-order valence-corrected chi connectivity index (χ0v) is 14.9. The molecule has 0 aliphatic heterocycles. The smallest absolute Gasteiger partial charge is 0.284 e. The van der Waals surface area contributed by atoms with Gasteiger partial charge in [-0.15, -0.1) is 10.2 Å². The van der Waals surface area contributed by atoms with Gasteiger partial charge in [0.15, 0.2) is 5.76 Å². The molecule has 25 heavy (non-hydrogen) atoms. The molecule has 0 fully saturated rings. The summed E-state index contributed by atoms with van der Waals surface area (Å²) in [4.78, 5) is 0. The topological polar surface area (TPSA) is 61.3 Å². The first-order chi connectivity index (χ1) is 12.1. The van der Waals surface area contributed by atoms with Crippen molar-refractivity contribution < 1.29 is 13.6 Å². The van der Waals surface area contributed by atoms with Crippen molar-refractivity contribution in [2.45, 2.75) is 6.92 Å². The van der Waals surface area contributed by atoms with Gasteiger partial charge in [-0.2, -0.15) is 0 Å². The molecule has 0 amide bonds. The summed E-state index contributed by atoms with van der Waals surface area (Å²) in [5, 5.41) is 10.0. The number of rotatable bonds is 3. The zero-order chi connectivity index (χ0) is 17.6. The van der Waals surface area contributed by atoms with Gasteiger partial charge in [-0.05, 0) is 37.3 Å². The van der Waals surface area contributed by atoms with Crippen molar-refractivity contribution >= 4 is 34.2 Å². The second-order valence-corrected chi connectivity index (χ2v) is 6.27. The van der Waals surface area contributed by atoms with E-state index in [2.05, 4.69) is 10.2 Å². The molecule has 0 aliphatic carbocycles. The first-order valence-electron chi connectivity index (χ1n) is 7.44. The van der Waals surface area contributed by atoms with Crippen LogP contribution in [0.1, 0.15) is 5.56 Å². The lowest BCUT2D eigenvalue weighted by Crippen LogP contribution is -1.84. The molecule has 2 aromatic carbocycles. The normalized spacial score (nSPS) is 11.2. The van der Waals surface area contributed by atoms with Crippen LogP contribution in [-0.4, -0.2) is 17.3 Å². The van der Waals surface area contributed by atoms with E-state index in [0.29, 0.717) is 32.8 Å². The second kappa shape index (κ2) is 6.10. The highest BCUT2D eigenvalue weighted by Gasteiger charge is 2.21. The lowest BCUT2D eigenvalue weighted by Gasteiger charge is -2.00. The van der Waals surface area contributed by atoms with Crippen LogP contribution < -0.4 is 4.74 Å². The summed E-state index contributed by atoms with van der Waals surface area (Å²) >= 11 is 12.1. The van der Waals surface area contributed by atoms with Gasteiger partial charge in [-0.25, -0.2) is 0 Å². The number of ether oxygens (including phenoxy) is 1. The number of halogens is 2. The molecule has 0 unspecified atom stereocenters. The SMILES string of the molecule is COc1cccc2oc(-c3nnc(-c4ccc(Cl)cc4Cl)o3)c(C)c12. The van der Waals surface area contributed by atoms with Crippen LogP contribution in [0.2, 0.25) is 10.0 Å². The van der Waals surface area contributed by atoms with Crippen molar-refractivity contribution in [2.75, 3.05) is 7.11 Å². The van der Waals surface area contributed by atoms with Crippen molar-refractivity contribution in [3.63, 3.8) is 0 Å². The fourth-order valence-corrected chi connectivity index (χ4v) is 3.22. The zero-order valence-electron chi connectivity index (χ0n) is 13.3. The standard InChI is InChI=1S/C18H12Cl2N2O3/c1-9-15-13(23-2)4-3-5-14(15)24-16(9)18-22-21-17(25-18)11-7-6-10(19)8-12(11)20/h3-8H,1-2H3. The number of hydrogen-bond acceptors (Lipinski definition) is 5. The summed E-state index contributed by atoms with van der Waals surface area (Å²) < 4.78 is 17.1. The van der Waals surface area contributed by atoms with E-state index < -0.39 is 0 Å². The third-order valence-corrected chi connectivity index (χ3v) is 4.46. The van der Waals surface area contributed by atoms with E-state index in [4.69, 9.17) is 36.8 Å². The molecule has 0 N–H and O–H groups in total. The van der Waals surface area contributed by atoms with Crippen LogP contribution >= 0.6 is 23.2 Å². The van der Waals surface area contributed by atoms with E-state index in [1.165, 1.54) is 0 Å². The molecule has 2 heterocycles. The van der Waals surface area contributed by atoms with Crippen LogP contribution in [0, 0.1) is 6.92 Å². The van der Waals surface area contributed by atoms with E-state index in [1.54, 1.807) is 25.3 Å². The lowest BCUT2D eigenvalue weighted by molar-refractivity contribution is 0.419. The van der Waals surface area contributed by atoms with E-state index in [0.717, 1.165) is 16.7 Å². The van der Waals surface area contributed by atoms with Crippen LogP contribution in [0.25, 0.3) is 34.1 Å². The van der Waals surface area contributed by atoms with Gasteiger partial charge in [0.25, 0.3) is 5.89 Å². The summed E-state index contributed by atoms with van der Waals surface area (Å²) in [6, 6.07) is 10.7. The molecule has 0 atom stereocenters. The van der Waals surface area contributed by atoms with Gasteiger partial charge in [-0.1, -0.05) is 29.3 Å². The Hall–Kier alpha value is -2.50. The lowest BCUT2D eigenvalue weighted by atomic mass is 10.1. The fraction of sp³-hybridized carbons (Fsp3) is 0.111. The Morgan fingerprint density at radius 1 is 1.00 bits per heavy atom. The van der Waals surface area contributed by atoms with Crippen LogP contribution in [0.15, 0.2) is 45.2 Å². The Morgan fingerprint density at radius 2 is 1.80 bits per heavy atom. The molecule has 5 nitrogen and oxygen atoms in total. The average molecular weight is 375 g/mol. The minimum absolute atomic E-state index is 0.275. The molecular formula is C18H12Cl2N2O3. The van der Waals surface area contributed by atoms with Crippen LogP contribution in [0.5, 0.6) is 5.75 Å². The van der Waals surface area contributed by atoms with E-state index >= 15 is 0 Å². The summed E-state index contributed by atoms with van der Waals surface area (Å²) in [5.74, 6) is 1.80. The predicted molar refractivity (Wildman–Crippen MR) is 96.3 cm³/mol. The Balaban J connectivity index is 1.83. The quantitative estimate of drug-likeness (QED) is 0.455. The molecule has 0 spiro atoms. The minimum atomic E-state index is 0.275. The number of aryl methyl sites for hydroxylation is 1. The largest absolute Gasteiger partial charge is 0.496 e. The molecule has 2 aromatic heterocycles. The molecule has 4 aromatic rings. The van der Waals surface area contributed by atoms with Crippen molar-refractivity contribution in [1.29, 1.82) is 0 Å². The number of methoxy groups -OCH3 is 1. The van der Waals surface area contributed by atoms with E-state index in [9.17, 15) is 0 Å². The number of benzene rings is 2. The van der Waals surface area contributed by atoms with Crippen molar-refractivity contribution in [3.8, 4) is 28.9 Å². The molecule has 0 bridgehead atoms. The molecule has 4 rings (SSSR count). The van der Waals surface area contributed by atoms with Gasteiger partial charge in [-0.3, -0.25) is 0 Å². The molecule has 126 valence electrons. The highest BCUT2D eigenvalue weighted by atomic mass is 35.5. The monoisotopic (exact) mass is 374 g/mol. The second-order valence-electron chi connectivity index (χ2n) is 5.43. The van der Waals surface area contributed by atoms with E-state index in [1.807, 2.05) is 25.1 Å². The Bertz CT molecular complexity index is 1090. The number of hydrogen-bond donors (Lipinski definition) is 0. The number of aromatic nitrogens is 2. The summed E-state index contributed by atoms with van der Waals surface area (Å²) in [7, 11) is 1.62. The Kier molecular flexibility index (Phi) is 3.90. The van der Waals surface area contributed by atoms with Crippen molar-refractivity contribution in [3.05, 3.63) is 52.0 Å². The maximum absolute atomic E-state index is 6.20. The molecule has 0 saturated carbocycles. The molecule has 0 saturated heterocycles. The highest BCUT2D eigenvalue weighted by molar-refractivity contribution is 6.36. The Morgan fingerprint density at radius 3 is 2.56 bits per heavy atom. The molecular weight excluding hydrogens is 363 g/mol. The van der Waals surface area contributed by atoms with Crippen LogP contribution in [0.4, 0.5) is 0 Å². The first-order valence-corrected chi connectivity index (χ1v) is 8.19. The summed E-state index contributed by atoms with van der Waals surface area (Å²) in [6.45, 7) is 1.92. The summed E-state index contributed by atoms with van der Waals surface area (Å²) in [6.07, 6.45) is 0. The van der Waals surface area contributed by atoms with Crippen LogP contribution in [-0.2, 0) is 0 Å². The molecule has 0 aliphatic rings. The van der Waals surface area contributed by atoms with Crippen molar-refractivity contribution in [1.82, 2.24) is 10.2 Å². The van der Waals surface area contributed by atoms with E-state index in [-0.39, 0.29) is 5.89 Å². The fourth-order valence-electron chi connectivity index (χ4n) is 2.73. The third kappa shape index (κ3) is 2.65. The van der Waals surface area contributed by atoms with Gasteiger partial charge in [0.1, 0.15) is 11.3 Å². The van der Waals surface area contributed by atoms with Crippen LogP contribution in [0.3, 0.4) is 0 Å². The van der Waals surface area contributed by atoms with Crippen molar-refractivity contribution in [2.24, 2.45) is 0 Å². The Labute approximate surface area is 153 Å². The van der Waals surface area contributed by atoms with Gasteiger partial charge in [0.2, 0.25) is 5.89 Å². The highest BCUT2D eigenvalue weighted by Crippen LogP contribution is 2.38. The maximum Gasteiger partial charge on any atom is 0.284 e. The molecule has 0 radical (unpaired) electrons. The maximum atomic E-state index is 6.20. The number of furan rings is 1. The van der Waals surface area contributed by atoms with Gasteiger partial charge in [0.05, 0.1) is 23.1 Å². The average Bonchev–Trinajstić information content (AvgIpc) is 3.20.